The summed E-state index contributed by atoms with van der Waals surface area (Å²) in [5.41, 5.74) is 0.596. The van der Waals surface area contributed by atoms with Crippen LogP contribution in [0.4, 0.5) is 8.78 Å². The molecule has 0 aliphatic carbocycles. The van der Waals surface area contributed by atoms with E-state index in [0.717, 1.165) is 0 Å². The zero-order valence-electron chi connectivity index (χ0n) is 8.95. The molecule has 3 nitrogen and oxygen atoms in total. The maximum absolute atomic E-state index is 13.8. The largest absolute Gasteiger partial charge is 0.239 e. The van der Waals surface area contributed by atoms with E-state index in [-0.39, 0.29) is 23.3 Å². The van der Waals surface area contributed by atoms with Gasteiger partial charge >= 0.3 is 0 Å². The molecule has 0 spiro atoms. The van der Waals surface area contributed by atoms with E-state index >= 15 is 0 Å². The van der Waals surface area contributed by atoms with Gasteiger partial charge in [0.2, 0.25) is 4.73 Å². The van der Waals surface area contributed by atoms with Gasteiger partial charge in [-0.1, -0.05) is 11.6 Å². The Morgan fingerprint density at radius 1 is 1.39 bits per heavy atom. The van der Waals surface area contributed by atoms with Crippen LogP contribution in [0.5, 0.6) is 0 Å². The Morgan fingerprint density at radius 3 is 2.89 bits per heavy atom. The van der Waals surface area contributed by atoms with Gasteiger partial charge in [-0.3, -0.25) is 0 Å². The Balaban J connectivity index is 2.08. The number of benzene rings is 1. The molecule has 0 saturated carbocycles. The lowest BCUT2D eigenvalue weighted by Crippen LogP contribution is -2.07. The standard InChI is InChI=1S/C11H7BrClF2N3/c12-11-16-10-8(15)4-9(18(10)17-11)5-1-6(13)3-7(14)2-5/h1-3,8-9H,4H2/t8-,9-/m0/s1. The van der Waals surface area contributed by atoms with Gasteiger partial charge in [-0.25, -0.2) is 18.4 Å². The minimum absolute atomic E-state index is 0.197. The molecule has 0 amide bonds. The highest BCUT2D eigenvalue weighted by Gasteiger charge is 2.35. The fraction of sp³-hybridized carbons (Fsp3) is 0.273. The van der Waals surface area contributed by atoms with Crippen molar-refractivity contribution in [3.63, 3.8) is 0 Å². The Kier molecular flexibility index (Phi) is 2.86. The van der Waals surface area contributed by atoms with Crippen molar-refractivity contribution in [3.8, 4) is 0 Å². The lowest BCUT2D eigenvalue weighted by molar-refractivity contribution is 0.328. The molecule has 0 unspecified atom stereocenters. The maximum atomic E-state index is 13.8. The highest BCUT2D eigenvalue weighted by molar-refractivity contribution is 9.10. The first-order chi connectivity index (χ1) is 8.54. The molecule has 1 aliphatic heterocycles. The number of halogens is 4. The molecule has 0 N–H and O–H groups in total. The van der Waals surface area contributed by atoms with E-state index in [2.05, 4.69) is 26.0 Å². The lowest BCUT2D eigenvalue weighted by atomic mass is 10.0. The molecule has 94 valence electrons. The normalized spacial score (nSPS) is 22.2. The molecule has 0 radical (unpaired) electrons. The average Bonchev–Trinajstić information content (AvgIpc) is 2.77. The predicted molar refractivity (Wildman–Crippen MR) is 65.7 cm³/mol. The van der Waals surface area contributed by atoms with E-state index in [4.69, 9.17) is 11.6 Å². The Bertz CT molecular complexity index is 596. The van der Waals surface area contributed by atoms with E-state index in [1.54, 1.807) is 6.07 Å². The van der Waals surface area contributed by atoms with Crippen LogP contribution in [-0.4, -0.2) is 14.8 Å². The van der Waals surface area contributed by atoms with Crippen LogP contribution in [0, 0.1) is 5.82 Å². The second kappa shape index (κ2) is 4.28. The van der Waals surface area contributed by atoms with Gasteiger partial charge in [0.05, 0.1) is 6.04 Å². The van der Waals surface area contributed by atoms with E-state index in [9.17, 15) is 8.78 Å². The van der Waals surface area contributed by atoms with Gasteiger partial charge in [-0.05, 0) is 39.7 Å². The van der Waals surface area contributed by atoms with Crippen molar-refractivity contribution in [2.75, 3.05) is 0 Å². The molecule has 18 heavy (non-hydrogen) atoms. The quantitative estimate of drug-likeness (QED) is 0.793. The van der Waals surface area contributed by atoms with Crippen LogP contribution in [-0.2, 0) is 0 Å². The maximum Gasteiger partial charge on any atom is 0.217 e. The lowest BCUT2D eigenvalue weighted by Gasteiger charge is -2.12. The molecular formula is C11H7BrClF2N3. The molecule has 0 bridgehead atoms. The van der Waals surface area contributed by atoms with Crippen LogP contribution in [0.15, 0.2) is 22.9 Å². The van der Waals surface area contributed by atoms with Gasteiger partial charge < -0.3 is 0 Å². The van der Waals surface area contributed by atoms with Gasteiger partial charge in [0.25, 0.3) is 0 Å². The first-order valence-corrected chi connectivity index (χ1v) is 6.43. The van der Waals surface area contributed by atoms with Crippen molar-refractivity contribution in [3.05, 3.63) is 45.2 Å². The van der Waals surface area contributed by atoms with E-state index in [0.29, 0.717) is 10.3 Å². The van der Waals surface area contributed by atoms with Crippen LogP contribution in [0.1, 0.15) is 30.0 Å². The van der Waals surface area contributed by atoms with Crippen LogP contribution in [0.25, 0.3) is 0 Å². The number of hydrogen-bond acceptors (Lipinski definition) is 2. The SMILES string of the molecule is Fc1cc(Cl)cc([C@@H]2C[C@H](F)c3nc(Br)nn32)c1. The number of hydrogen-bond donors (Lipinski definition) is 0. The van der Waals surface area contributed by atoms with Crippen molar-refractivity contribution in [1.29, 1.82) is 0 Å². The average molecular weight is 335 g/mol. The molecule has 0 saturated heterocycles. The van der Waals surface area contributed by atoms with Crippen LogP contribution >= 0.6 is 27.5 Å². The summed E-state index contributed by atoms with van der Waals surface area (Å²) in [4.78, 5) is 3.96. The first-order valence-electron chi connectivity index (χ1n) is 5.26. The molecule has 2 heterocycles. The van der Waals surface area contributed by atoms with Crippen molar-refractivity contribution < 1.29 is 8.78 Å². The summed E-state index contributed by atoms with van der Waals surface area (Å²) in [5.74, 6) is -0.187. The van der Waals surface area contributed by atoms with Gasteiger partial charge in [-0.2, -0.15) is 0 Å². The number of alkyl halides is 1. The van der Waals surface area contributed by atoms with Crippen molar-refractivity contribution in [2.45, 2.75) is 18.6 Å². The van der Waals surface area contributed by atoms with E-state index in [1.807, 2.05) is 0 Å². The highest BCUT2D eigenvalue weighted by Crippen LogP contribution is 2.40. The zero-order valence-corrected chi connectivity index (χ0v) is 11.3. The summed E-state index contributed by atoms with van der Waals surface area (Å²) in [7, 11) is 0. The number of nitrogens with zero attached hydrogens (tertiary/aromatic N) is 3. The highest BCUT2D eigenvalue weighted by atomic mass is 79.9. The van der Waals surface area contributed by atoms with E-state index < -0.39 is 12.0 Å². The minimum Gasteiger partial charge on any atom is -0.239 e. The van der Waals surface area contributed by atoms with Crippen molar-refractivity contribution >= 4 is 27.5 Å². The Morgan fingerprint density at radius 2 is 2.17 bits per heavy atom. The fourth-order valence-electron chi connectivity index (χ4n) is 2.20. The smallest absolute Gasteiger partial charge is 0.217 e. The second-order valence-corrected chi connectivity index (χ2v) is 5.25. The molecule has 1 aromatic heterocycles. The second-order valence-electron chi connectivity index (χ2n) is 4.11. The number of aromatic nitrogens is 3. The molecule has 2 aromatic rings. The molecule has 1 aromatic carbocycles. The summed E-state index contributed by atoms with van der Waals surface area (Å²) in [6.07, 6.45) is -1.00. The molecule has 7 heteroatoms. The van der Waals surface area contributed by atoms with Crippen LogP contribution in [0.2, 0.25) is 5.02 Å². The summed E-state index contributed by atoms with van der Waals surface area (Å²) in [6.45, 7) is 0. The summed E-state index contributed by atoms with van der Waals surface area (Å²) in [6, 6.07) is 3.80. The molecule has 0 fully saturated rings. The topological polar surface area (TPSA) is 30.7 Å². The van der Waals surface area contributed by atoms with Gasteiger partial charge in [0.15, 0.2) is 12.0 Å². The van der Waals surface area contributed by atoms with Crippen molar-refractivity contribution in [1.82, 2.24) is 14.8 Å². The molecule has 2 atom stereocenters. The third-order valence-corrected chi connectivity index (χ3v) is 3.46. The third kappa shape index (κ3) is 1.93. The van der Waals surface area contributed by atoms with Crippen LogP contribution < -0.4 is 0 Å². The first kappa shape index (κ1) is 12.0. The third-order valence-electron chi connectivity index (χ3n) is 2.91. The van der Waals surface area contributed by atoms with Gasteiger partial charge in [0, 0.05) is 11.4 Å². The van der Waals surface area contributed by atoms with E-state index in [1.165, 1.54) is 16.8 Å². The Labute approximate surface area is 115 Å². The zero-order chi connectivity index (χ0) is 12.9. The molecule has 1 aliphatic rings. The molecular weight excluding hydrogens is 327 g/mol. The summed E-state index contributed by atoms with van der Waals surface area (Å²) < 4.78 is 28.9. The van der Waals surface area contributed by atoms with Gasteiger partial charge in [-0.15, -0.1) is 5.10 Å². The number of rotatable bonds is 1. The monoisotopic (exact) mass is 333 g/mol. The summed E-state index contributed by atoms with van der Waals surface area (Å²) in [5, 5.41) is 4.36. The predicted octanol–water partition coefficient (Wildman–Crippen LogP) is 3.84. The molecule has 3 rings (SSSR count). The minimum atomic E-state index is -1.20. The Hall–Kier alpha value is -1.01. The van der Waals surface area contributed by atoms with Crippen LogP contribution in [0.3, 0.4) is 0 Å². The van der Waals surface area contributed by atoms with Crippen molar-refractivity contribution in [2.24, 2.45) is 0 Å². The van der Waals surface area contributed by atoms with Gasteiger partial charge in [0.1, 0.15) is 5.82 Å². The summed E-state index contributed by atoms with van der Waals surface area (Å²) >= 11 is 8.91. The number of fused-ring (bicyclic) bond motifs is 1. The fourth-order valence-corrected chi connectivity index (χ4v) is 2.78.